The number of halogens is 2. The number of benzene rings is 1. The van der Waals surface area contributed by atoms with Crippen LogP contribution in [0.2, 0.25) is 0 Å². The minimum absolute atomic E-state index is 0. The molecule has 0 saturated heterocycles. The first kappa shape index (κ1) is 17.9. The predicted molar refractivity (Wildman–Crippen MR) is 77.6 cm³/mol. The molecule has 0 bridgehead atoms. The van der Waals surface area contributed by atoms with Crippen LogP contribution in [-0.4, -0.2) is 11.9 Å². The molecule has 0 spiro atoms. The van der Waals surface area contributed by atoms with Crippen LogP contribution in [0.5, 0.6) is 0 Å². The molecule has 1 amide bonds. The summed E-state index contributed by atoms with van der Waals surface area (Å²) in [6.45, 7) is 7.69. The Morgan fingerprint density at radius 3 is 2.11 bits per heavy atom. The third-order valence-corrected chi connectivity index (χ3v) is 2.77. The third kappa shape index (κ3) is 5.17. The van der Waals surface area contributed by atoms with Gasteiger partial charge in [-0.15, -0.1) is 12.4 Å². The summed E-state index contributed by atoms with van der Waals surface area (Å²) in [5.41, 5.74) is 6.25. The van der Waals surface area contributed by atoms with E-state index in [0.29, 0.717) is 0 Å². The van der Waals surface area contributed by atoms with Gasteiger partial charge in [0, 0.05) is 0 Å². The molecule has 0 saturated carbocycles. The van der Waals surface area contributed by atoms with Crippen LogP contribution in [0.25, 0.3) is 0 Å². The van der Waals surface area contributed by atoms with Gasteiger partial charge in [-0.3, -0.25) is 4.79 Å². The molecule has 5 heteroatoms. The van der Waals surface area contributed by atoms with Crippen LogP contribution in [0.4, 0.5) is 4.39 Å². The zero-order valence-electron chi connectivity index (χ0n) is 11.7. The van der Waals surface area contributed by atoms with Gasteiger partial charge in [0.2, 0.25) is 5.91 Å². The van der Waals surface area contributed by atoms with Crippen molar-refractivity contribution in [2.45, 2.75) is 39.8 Å². The number of amides is 1. The number of carbonyl (C=O) groups is 1. The number of rotatable bonds is 3. The average Bonchev–Trinajstić information content (AvgIpc) is 2.25. The van der Waals surface area contributed by atoms with Crippen molar-refractivity contribution in [3.8, 4) is 0 Å². The molecule has 2 atom stereocenters. The summed E-state index contributed by atoms with van der Waals surface area (Å²) in [6.07, 6.45) is 0. The topological polar surface area (TPSA) is 55.1 Å². The number of hydrogen-bond donors (Lipinski definition) is 2. The maximum absolute atomic E-state index is 12.9. The Hall–Kier alpha value is -1.13. The van der Waals surface area contributed by atoms with Gasteiger partial charge in [-0.05, 0) is 30.0 Å². The standard InChI is InChI=1S/C14H21FN2O.ClH/c1-9(16)13(18)17-12(14(2,3)4)10-5-7-11(15)8-6-10;/h5-9,12H,16H2,1-4H3,(H,17,18);1H. The highest BCUT2D eigenvalue weighted by Gasteiger charge is 2.28. The van der Waals surface area contributed by atoms with Crippen LogP contribution in [-0.2, 0) is 4.79 Å². The number of carbonyl (C=O) groups excluding carboxylic acids is 1. The maximum atomic E-state index is 12.9. The quantitative estimate of drug-likeness (QED) is 0.898. The molecular formula is C14H22ClFN2O. The van der Waals surface area contributed by atoms with Gasteiger partial charge >= 0.3 is 0 Å². The smallest absolute Gasteiger partial charge is 0.237 e. The molecule has 0 aromatic heterocycles. The lowest BCUT2D eigenvalue weighted by atomic mass is 9.82. The molecule has 0 heterocycles. The molecule has 0 aliphatic rings. The molecule has 0 aliphatic heterocycles. The second kappa shape index (κ2) is 6.87. The highest BCUT2D eigenvalue weighted by Crippen LogP contribution is 2.32. The van der Waals surface area contributed by atoms with E-state index in [-0.39, 0.29) is 35.6 Å². The van der Waals surface area contributed by atoms with Gasteiger partial charge in [-0.1, -0.05) is 32.9 Å². The molecule has 2 unspecified atom stereocenters. The second-order valence-corrected chi connectivity index (χ2v) is 5.65. The van der Waals surface area contributed by atoms with E-state index in [2.05, 4.69) is 5.32 Å². The normalized spacial score (nSPS) is 14.2. The Balaban J connectivity index is 0.00000324. The van der Waals surface area contributed by atoms with Crippen molar-refractivity contribution >= 4 is 18.3 Å². The maximum Gasteiger partial charge on any atom is 0.237 e. The first-order chi connectivity index (χ1) is 8.21. The number of nitrogens with one attached hydrogen (secondary N) is 1. The summed E-state index contributed by atoms with van der Waals surface area (Å²) < 4.78 is 12.9. The summed E-state index contributed by atoms with van der Waals surface area (Å²) in [5, 5.41) is 2.91. The largest absolute Gasteiger partial charge is 0.347 e. The lowest BCUT2D eigenvalue weighted by molar-refractivity contribution is -0.123. The average molecular weight is 289 g/mol. The highest BCUT2D eigenvalue weighted by atomic mass is 35.5. The van der Waals surface area contributed by atoms with E-state index in [9.17, 15) is 9.18 Å². The van der Waals surface area contributed by atoms with Crippen molar-refractivity contribution in [2.75, 3.05) is 0 Å². The fraction of sp³-hybridized carbons (Fsp3) is 0.500. The molecule has 0 radical (unpaired) electrons. The minimum atomic E-state index is -0.560. The molecule has 1 rings (SSSR count). The van der Waals surface area contributed by atoms with Crippen LogP contribution in [0.3, 0.4) is 0 Å². The van der Waals surface area contributed by atoms with Crippen LogP contribution >= 0.6 is 12.4 Å². The molecule has 3 nitrogen and oxygen atoms in total. The first-order valence-corrected chi connectivity index (χ1v) is 6.03. The molecule has 19 heavy (non-hydrogen) atoms. The van der Waals surface area contributed by atoms with Crippen molar-refractivity contribution in [3.63, 3.8) is 0 Å². The Morgan fingerprint density at radius 2 is 1.74 bits per heavy atom. The van der Waals surface area contributed by atoms with Crippen LogP contribution < -0.4 is 11.1 Å². The van der Waals surface area contributed by atoms with Crippen LogP contribution in [0, 0.1) is 11.2 Å². The summed E-state index contributed by atoms with van der Waals surface area (Å²) in [4.78, 5) is 11.7. The van der Waals surface area contributed by atoms with Crippen LogP contribution in [0.15, 0.2) is 24.3 Å². The van der Waals surface area contributed by atoms with E-state index in [0.717, 1.165) is 5.56 Å². The fourth-order valence-corrected chi connectivity index (χ4v) is 1.73. The van der Waals surface area contributed by atoms with Gasteiger partial charge in [0.05, 0.1) is 12.1 Å². The zero-order valence-corrected chi connectivity index (χ0v) is 12.6. The monoisotopic (exact) mass is 288 g/mol. The third-order valence-electron chi connectivity index (χ3n) is 2.77. The summed E-state index contributed by atoms with van der Waals surface area (Å²) in [5.74, 6) is -0.496. The SMILES string of the molecule is CC(N)C(=O)NC(c1ccc(F)cc1)C(C)(C)C.Cl. The fourth-order valence-electron chi connectivity index (χ4n) is 1.73. The highest BCUT2D eigenvalue weighted by molar-refractivity contribution is 5.85. The van der Waals surface area contributed by atoms with Gasteiger partial charge in [0.1, 0.15) is 5.82 Å². The van der Waals surface area contributed by atoms with Crippen molar-refractivity contribution in [2.24, 2.45) is 11.1 Å². The summed E-state index contributed by atoms with van der Waals surface area (Å²) in [7, 11) is 0. The predicted octanol–water partition coefficient (Wildman–Crippen LogP) is 2.80. The molecular weight excluding hydrogens is 267 g/mol. The summed E-state index contributed by atoms with van der Waals surface area (Å²) in [6, 6.07) is 5.41. The van der Waals surface area contributed by atoms with E-state index < -0.39 is 6.04 Å². The second-order valence-electron chi connectivity index (χ2n) is 5.65. The molecule has 0 aliphatic carbocycles. The van der Waals surface area contributed by atoms with Gasteiger partial charge in [-0.2, -0.15) is 0 Å². The number of nitrogens with two attached hydrogens (primary N) is 1. The van der Waals surface area contributed by atoms with Crippen molar-refractivity contribution in [1.29, 1.82) is 0 Å². The Kier molecular flexibility index (Phi) is 6.46. The van der Waals surface area contributed by atoms with Crippen LogP contribution in [0.1, 0.15) is 39.3 Å². The van der Waals surface area contributed by atoms with E-state index >= 15 is 0 Å². The van der Waals surface area contributed by atoms with E-state index in [4.69, 9.17) is 5.73 Å². The van der Waals surface area contributed by atoms with Crippen molar-refractivity contribution in [1.82, 2.24) is 5.32 Å². The van der Waals surface area contributed by atoms with Gasteiger partial charge in [-0.25, -0.2) is 4.39 Å². The lowest BCUT2D eigenvalue weighted by Gasteiger charge is -2.32. The van der Waals surface area contributed by atoms with Gasteiger partial charge in [0.25, 0.3) is 0 Å². The first-order valence-electron chi connectivity index (χ1n) is 6.03. The Bertz CT molecular complexity index is 412. The molecule has 108 valence electrons. The number of hydrogen-bond acceptors (Lipinski definition) is 2. The summed E-state index contributed by atoms with van der Waals surface area (Å²) >= 11 is 0. The minimum Gasteiger partial charge on any atom is -0.347 e. The molecule has 0 fully saturated rings. The zero-order chi connectivity index (χ0) is 13.9. The van der Waals surface area contributed by atoms with E-state index in [1.54, 1.807) is 19.1 Å². The molecule has 1 aromatic carbocycles. The lowest BCUT2D eigenvalue weighted by Crippen LogP contribution is -2.44. The Morgan fingerprint density at radius 1 is 1.26 bits per heavy atom. The van der Waals surface area contributed by atoms with E-state index in [1.165, 1.54) is 12.1 Å². The van der Waals surface area contributed by atoms with E-state index in [1.807, 2.05) is 20.8 Å². The van der Waals surface area contributed by atoms with Gasteiger partial charge < -0.3 is 11.1 Å². The van der Waals surface area contributed by atoms with Gasteiger partial charge in [0.15, 0.2) is 0 Å². The van der Waals surface area contributed by atoms with Crippen molar-refractivity contribution in [3.05, 3.63) is 35.6 Å². The molecule has 1 aromatic rings. The van der Waals surface area contributed by atoms with Crippen molar-refractivity contribution < 1.29 is 9.18 Å². The Labute approximate surface area is 120 Å². The molecule has 3 N–H and O–H groups in total.